The van der Waals surface area contributed by atoms with Crippen LogP contribution < -0.4 is 11.1 Å². The molecule has 8 heteroatoms. The predicted octanol–water partition coefficient (Wildman–Crippen LogP) is -0.214. The van der Waals surface area contributed by atoms with Crippen molar-refractivity contribution in [3.8, 4) is 0 Å². The van der Waals surface area contributed by atoms with Gasteiger partial charge >= 0.3 is 0 Å². The van der Waals surface area contributed by atoms with Gasteiger partial charge < -0.3 is 21.1 Å². The lowest BCUT2D eigenvalue weighted by Crippen LogP contribution is -2.52. The third-order valence-corrected chi connectivity index (χ3v) is 5.08. The molecule has 0 saturated carbocycles. The Bertz CT molecular complexity index is 652. The molecule has 1 aromatic rings. The molecule has 3 amide bonds. The Morgan fingerprint density at radius 3 is 2.67 bits per heavy atom. The van der Waals surface area contributed by atoms with Crippen molar-refractivity contribution in [2.75, 3.05) is 6.54 Å². The van der Waals surface area contributed by atoms with Gasteiger partial charge in [-0.05, 0) is 34.2 Å². The third kappa shape index (κ3) is 4.44. The molecule has 0 aliphatic carbocycles. The second-order valence-corrected chi connectivity index (χ2v) is 7.00. The van der Waals surface area contributed by atoms with E-state index in [1.54, 1.807) is 0 Å². The van der Waals surface area contributed by atoms with E-state index in [-0.39, 0.29) is 25.3 Å². The largest absolute Gasteiger partial charge is 0.391 e. The van der Waals surface area contributed by atoms with Gasteiger partial charge in [-0.3, -0.25) is 14.4 Å². The standard InChI is InChI=1S/C16H20IN3O4/c1-9(21)20-8-11(22)7-14(20)16(24)19-13(15(18)23)6-10-4-2-3-5-12(10)17/h2-5,11,13-14,22H,6-8H2,1H3,(H2,18,23)(H,19,24)/t11-,13-,14+/m1/s1. The molecule has 0 bridgehead atoms. The number of nitrogens with two attached hydrogens (primary N) is 1. The van der Waals surface area contributed by atoms with Gasteiger partial charge in [-0.2, -0.15) is 0 Å². The number of aliphatic hydroxyl groups excluding tert-OH is 1. The summed E-state index contributed by atoms with van der Waals surface area (Å²) in [6, 6.07) is 5.84. The van der Waals surface area contributed by atoms with Crippen LogP contribution in [-0.2, 0) is 20.8 Å². The molecule has 1 aliphatic heterocycles. The van der Waals surface area contributed by atoms with E-state index in [2.05, 4.69) is 27.9 Å². The van der Waals surface area contributed by atoms with Gasteiger partial charge in [-0.1, -0.05) is 18.2 Å². The summed E-state index contributed by atoms with van der Waals surface area (Å²) < 4.78 is 0.970. The highest BCUT2D eigenvalue weighted by Gasteiger charge is 2.38. The first-order valence-corrected chi connectivity index (χ1v) is 8.65. The number of primary amides is 1. The van der Waals surface area contributed by atoms with Crippen LogP contribution in [0.15, 0.2) is 24.3 Å². The van der Waals surface area contributed by atoms with Crippen LogP contribution in [0, 0.1) is 3.57 Å². The minimum atomic E-state index is -0.875. The number of hydrogen-bond donors (Lipinski definition) is 3. The van der Waals surface area contributed by atoms with Crippen LogP contribution in [0.2, 0.25) is 0 Å². The van der Waals surface area contributed by atoms with E-state index < -0.39 is 30.0 Å². The molecule has 0 spiro atoms. The predicted molar refractivity (Wildman–Crippen MR) is 95.8 cm³/mol. The van der Waals surface area contributed by atoms with Crippen LogP contribution in [0.4, 0.5) is 0 Å². The lowest BCUT2D eigenvalue weighted by molar-refractivity contribution is -0.138. The number of halogens is 1. The average molecular weight is 445 g/mol. The highest BCUT2D eigenvalue weighted by Crippen LogP contribution is 2.19. The number of benzene rings is 1. The quantitative estimate of drug-likeness (QED) is 0.545. The molecule has 1 aliphatic rings. The molecular weight excluding hydrogens is 425 g/mol. The smallest absolute Gasteiger partial charge is 0.243 e. The van der Waals surface area contributed by atoms with Gasteiger partial charge in [-0.25, -0.2) is 0 Å². The molecule has 130 valence electrons. The first kappa shape index (κ1) is 18.7. The molecule has 3 atom stereocenters. The third-order valence-electron chi connectivity index (χ3n) is 4.03. The number of likely N-dealkylation sites (tertiary alicyclic amines) is 1. The second kappa shape index (κ2) is 7.93. The van der Waals surface area contributed by atoms with E-state index in [0.717, 1.165) is 9.13 Å². The fraction of sp³-hybridized carbons (Fsp3) is 0.438. The van der Waals surface area contributed by atoms with E-state index >= 15 is 0 Å². The number of carbonyl (C=O) groups is 3. The summed E-state index contributed by atoms with van der Waals surface area (Å²) in [6.45, 7) is 1.46. The normalized spacial score (nSPS) is 21.4. The summed E-state index contributed by atoms with van der Waals surface area (Å²) in [5.74, 6) is -1.41. The fourth-order valence-corrected chi connectivity index (χ4v) is 3.39. The van der Waals surface area contributed by atoms with Crippen LogP contribution >= 0.6 is 22.6 Å². The van der Waals surface area contributed by atoms with Crippen molar-refractivity contribution in [3.05, 3.63) is 33.4 Å². The van der Waals surface area contributed by atoms with E-state index in [0.29, 0.717) is 0 Å². The SMILES string of the molecule is CC(=O)N1C[C@H](O)C[C@H]1C(=O)N[C@H](Cc1ccccc1I)C(N)=O. The van der Waals surface area contributed by atoms with E-state index in [1.165, 1.54) is 11.8 Å². The van der Waals surface area contributed by atoms with Gasteiger partial charge in [0.25, 0.3) is 0 Å². The number of β-amino-alcohol motifs (C(OH)–C–C–N with tert-alkyl or cyclic N) is 1. The minimum Gasteiger partial charge on any atom is -0.391 e. The van der Waals surface area contributed by atoms with Crippen molar-refractivity contribution in [1.29, 1.82) is 0 Å². The number of aliphatic hydroxyl groups is 1. The van der Waals surface area contributed by atoms with Crippen molar-refractivity contribution in [2.24, 2.45) is 5.73 Å². The lowest BCUT2D eigenvalue weighted by Gasteiger charge is -2.24. The zero-order chi connectivity index (χ0) is 17.9. The Morgan fingerprint density at radius 2 is 2.08 bits per heavy atom. The van der Waals surface area contributed by atoms with Crippen LogP contribution in [0.1, 0.15) is 18.9 Å². The number of carbonyl (C=O) groups excluding carboxylic acids is 3. The highest BCUT2D eigenvalue weighted by atomic mass is 127. The topological polar surface area (TPSA) is 113 Å². The number of nitrogens with one attached hydrogen (secondary N) is 1. The maximum absolute atomic E-state index is 12.5. The molecule has 0 aromatic heterocycles. The van der Waals surface area contributed by atoms with E-state index in [9.17, 15) is 19.5 Å². The van der Waals surface area contributed by atoms with Crippen molar-refractivity contribution in [2.45, 2.75) is 38.0 Å². The molecule has 1 heterocycles. The zero-order valence-electron chi connectivity index (χ0n) is 13.2. The van der Waals surface area contributed by atoms with Crippen molar-refractivity contribution in [3.63, 3.8) is 0 Å². The fourth-order valence-electron chi connectivity index (χ4n) is 2.78. The molecule has 2 rings (SSSR count). The average Bonchev–Trinajstić information content (AvgIpc) is 2.91. The van der Waals surface area contributed by atoms with Gasteiger partial charge in [0.15, 0.2) is 0 Å². The molecule has 1 fully saturated rings. The number of rotatable bonds is 5. The summed E-state index contributed by atoms with van der Waals surface area (Å²) in [5, 5.41) is 12.3. The summed E-state index contributed by atoms with van der Waals surface area (Å²) in [6.07, 6.45) is -0.318. The number of hydrogen-bond acceptors (Lipinski definition) is 4. The Labute approximate surface area is 153 Å². The lowest BCUT2D eigenvalue weighted by atomic mass is 10.0. The number of amides is 3. The Kier molecular flexibility index (Phi) is 6.16. The highest BCUT2D eigenvalue weighted by molar-refractivity contribution is 14.1. The van der Waals surface area contributed by atoms with Crippen LogP contribution in [0.5, 0.6) is 0 Å². The Hall–Kier alpha value is -1.68. The van der Waals surface area contributed by atoms with Crippen molar-refractivity contribution in [1.82, 2.24) is 10.2 Å². The maximum Gasteiger partial charge on any atom is 0.243 e. The van der Waals surface area contributed by atoms with Crippen LogP contribution in [0.3, 0.4) is 0 Å². The van der Waals surface area contributed by atoms with Gasteiger partial charge in [0, 0.05) is 29.9 Å². The summed E-state index contributed by atoms with van der Waals surface area (Å²) >= 11 is 2.15. The Balaban J connectivity index is 2.10. The van der Waals surface area contributed by atoms with Crippen molar-refractivity contribution >= 4 is 40.3 Å². The molecule has 1 aromatic carbocycles. The molecular formula is C16H20IN3O4. The number of nitrogens with zero attached hydrogens (tertiary/aromatic N) is 1. The van der Waals surface area contributed by atoms with E-state index in [4.69, 9.17) is 5.73 Å². The molecule has 24 heavy (non-hydrogen) atoms. The zero-order valence-corrected chi connectivity index (χ0v) is 15.4. The summed E-state index contributed by atoms with van der Waals surface area (Å²) in [7, 11) is 0. The molecule has 1 saturated heterocycles. The monoisotopic (exact) mass is 445 g/mol. The first-order chi connectivity index (χ1) is 11.3. The Morgan fingerprint density at radius 1 is 1.42 bits per heavy atom. The maximum atomic E-state index is 12.5. The summed E-state index contributed by atoms with van der Waals surface area (Å²) in [4.78, 5) is 37.1. The molecule has 0 unspecified atom stereocenters. The van der Waals surface area contributed by atoms with Gasteiger partial charge in [-0.15, -0.1) is 0 Å². The van der Waals surface area contributed by atoms with Gasteiger partial charge in [0.05, 0.1) is 6.10 Å². The first-order valence-electron chi connectivity index (χ1n) is 7.58. The molecule has 0 radical (unpaired) electrons. The van der Waals surface area contributed by atoms with E-state index in [1.807, 2.05) is 24.3 Å². The minimum absolute atomic E-state index is 0.116. The van der Waals surface area contributed by atoms with Gasteiger partial charge in [0.2, 0.25) is 17.7 Å². The van der Waals surface area contributed by atoms with Gasteiger partial charge in [0.1, 0.15) is 12.1 Å². The van der Waals surface area contributed by atoms with Crippen LogP contribution in [0.25, 0.3) is 0 Å². The molecule has 7 nitrogen and oxygen atoms in total. The van der Waals surface area contributed by atoms with Crippen LogP contribution in [-0.4, -0.2) is 52.5 Å². The summed E-state index contributed by atoms with van der Waals surface area (Å²) in [5.41, 5.74) is 6.32. The van der Waals surface area contributed by atoms with Crippen molar-refractivity contribution < 1.29 is 19.5 Å². The second-order valence-electron chi connectivity index (χ2n) is 5.84. The molecule has 4 N–H and O–H groups in total.